The van der Waals surface area contributed by atoms with Crippen LogP contribution in [-0.4, -0.2) is 48.6 Å². The van der Waals surface area contributed by atoms with E-state index in [4.69, 9.17) is 22.3 Å². The van der Waals surface area contributed by atoms with Gasteiger partial charge in [-0.15, -0.1) is 31.2 Å². The Balaban J connectivity index is -0.000000287. The summed E-state index contributed by atoms with van der Waals surface area (Å²) in [7, 11) is 0. The molecule has 0 spiro atoms. The molecule has 25 heavy (non-hydrogen) atoms. The predicted octanol–water partition coefficient (Wildman–Crippen LogP) is 3.61. The molecule has 0 amide bonds. The summed E-state index contributed by atoms with van der Waals surface area (Å²) in [4.78, 5) is 0. The molecule has 149 valence electrons. The maximum absolute atomic E-state index is 7.13. The minimum atomic E-state index is 0. The van der Waals surface area contributed by atoms with Gasteiger partial charge in [0, 0.05) is 17.1 Å². The fraction of sp³-hybridized carbons (Fsp3) is 0.750. The Morgan fingerprint density at radius 1 is 0.960 bits per heavy atom. The molecule has 1 saturated heterocycles. The van der Waals surface area contributed by atoms with Crippen molar-refractivity contribution >= 4 is 34.8 Å². The summed E-state index contributed by atoms with van der Waals surface area (Å²) in [5.41, 5.74) is 10.8. The summed E-state index contributed by atoms with van der Waals surface area (Å²) in [6.45, 7) is 3.53. The molecular weight excluding hydrogens is 404 g/mol. The van der Waals surface area contributed by atoms with Crippen LogP contribution >= 0.6 is 24.4 Å². The molecule has 2 unspecified atom stereocenters. The zero-order chi connectivity index (χ0) is 18.5. The van der Waals surface area contributed by atoms with E-state index in [9.17, 15) is 0 Å². The summed E-state index contributed by atoms with van der Waals surface area (Å²) in [5, 5.41) is 25.7. The quantitative estimate of drug-likeness (QED) is 0.305. The molecule has 0 aromatic heterocycles. The van der Waals surface area contributed by atoms with Crippen molar-refractivity contribution in [3.63, 3.8) is 0 Å². The van der Waals surface area contributed by atoms with Crippen molar-refractivity contribution in [3.05, 3.63) is 33.6 Å². The summed E-state index contributed by atoms with van der Waals surface area (Å²) >= 11 is 7.40. The van der Waals surface area contributed by atoms with E-state index >= 15 is 0 Å². The van der Waals surface area contributed by atoms with Crippen molar-refractivity contribution in [3.8, 4) is 0 Å². The summed E-state index contributed by atoms with van der Waals surface area (Å²) in [5.74, 6) is 0. The van der Waals surface area contributed by atoms with E-state index in [0.717, 1.165) is 45.4 Å². The molecule has 0 bridgehead atoms. The summed E-state index contributed by atoms with van der Waals surface area (Å²) in [6.07, 6.45) is 11.5. The van der Waals surface area contributed by atoms with E-state index < -0.39 is 0 Å². The smallest absolute Gasteiger partial charge is 0 e. The molecule has 2 heterocycles. The second-order valence-corrected chi connectivity index (χ2v) is 5.48. The van der Waals surface area contributed by atoms with Crippen LogP contribution in [0.5, 0.6) is 0 Å². The first-order valence-electron chi connectivity index (χ1n) is 8.10. The standard InChI is InChI=1S/C7H15N2.C7H13N2.2CNS.Cu/c2*8-5-4-7-3-1-2-6-9-7;2*2-1-3;/h7H,1-6,8H2;1-2,7H,3-6,8H2;;;/q4*-1;. The van der Waals surface area contributed by atoms with Crippen LogP contribution in [0.4, 0.5) is 0 Å². The zero-order valence-electron chi connectivity index (χ0n) is 14.4. The molecule has 2 atom stereocenters. The summed E-state index contributed by atoms with van der Waals surface area (Å²) < 4.78 is 0. The van der Waals surface area contributed by atoms with Crippen LogP contribution in [0.2, 0.25) is 0 Å². The van der Waals surface area contributed by atoms with Crippen LogP contribution in [0.3, 0.4) is 0 Å². The Bertz CT molecular complexity index is 349. The van der Waals surface area contributed by atoms with Gasteiger partial charge in [-0.1, -0.05) is 69.0 Å². The third-order valence-corrected chi connectivity index (χ3v) is 3.38. The average Bonchev–Trinajstić information content (AvgIpc) is 2.59. The Morgan fingerprint density at radius 3 is 1.92 bits per heavy atom. The van der Waals surface area contributed by atoms with Gasteiger partial charge in [-0.3, -0.25) is 0 Å². The molecule has 4 N–H and O–H groups in total. The first-order valence-corrected chi connectivity index (χ1v) is 8.92. The minimum Gasteiger partial charge on any atom is -0.753 e. The van der Waals surface area contributed by atoms with Crippen LogP contribution < -0.4 is 11.5 Å². The molecule has 0 aromatic carbocycles. The van der Waals surface area contributed by atoms with Gasteiger partial charge in [0.15, 0.2) is 0 Å². The van der Waals surface area contributed by atoms with Crippen molar-refractivity contribution in [2.75, 3.05) is 26.2 Å². The van der Waals surface area contributed by atoms with Crippen molar-refractivity contribution in [2.45, 2.75) is 50.6 Å². The van der Waals surface area contributed by atoms with Crippen LogP contribution in [0.25, 0.3) is 21.5 Å². The number of piperidine rings is 1. The molecular formula is C16H28CuN6S2-4. The van der Waals surface area contributed by atoms with E-state index in [2.05, 4.69) is 47.2 Å². The van der Waals surface area contributed by atoms with Crippen LogP contribution in [0.1, 0.15) is 38.5 Å². The van der Waals surface area contributed by atoms with Gasteiger partial charge in [0.25, 0.3) is 0 Å². The van der Waals surface area contributed by atoms with E-state index in [1.165, 1.54) is 29.6 Å². The fourth-order valence-corrected chi connectivity index (χ4v) is 2.30. The zero-order valence-corrected chi connectivity index (χ0v) is 17.0. The number of thiocarbonyl (C=S) groups is 2. The van der Waals surface area contributed by atoms with Crippen LogP contribution in [-0.2, 0) is 17.1 Å². The maximum Gasteiger partial charge on any atom is 0 e. The Labute approximate surface area is 173 Å². The molecule has 0 saturated carbocycles. The molecule has 6 nitrogen and oxygen atoms in total. The molecule has 2 aliphatic heterocycles. The Kier molecular flexibility index (Phi) is 30.6. The van der Waals surface area contributed by atoms with Gasteiger partial charge in [0.2, 0.25) is 0 Å². The van der Waals surface area contributed by atoms with E-state index in [-0.39, 0.29) is 17.1 Å². The molecule has 0 aliphatic carbocycles. The van der Waals surface area contributed by atoms with Crippen molar-refractivity contribution < 1.29 is 17.1 Å². The number of isothiocyanates is 2. The van der Waals surface area contributed by atoms with Crippen LogP contribution in [0.15, 0.2) is 12.2 Å². The normalized spacial score (nSPS) is 20.4. The topological polar surface area (TPSA) is 125 Å². The van der Waals surface area contributed by atoms with Crippen molar-refractivity contribution in [1.82, 2.24) is 0 Å². The molecule has 2 rings (SSSR count). The fourth-order valence-electron chi connectivity index (χ4n) is 2.30. The minimum absolute atomic E-state index is 0. The van der Waals surface area contributed by atoms with Crippen molar-refractivity contribution in [2.24, 2.45) is 11.5 Å². The van der Waals surface area contributed by atoms with E-state index in [1.807, 2.05) is 0 Å². The third kappa shape index (κ3) is 23.7. The molecule has 1 radical (unpaired) electrons. The van der Waals surface area contributed by atoms with Crippen LogP contribution in [0, 0.1) is 0 Å². The van der Waals surface area contributed by atoms with Crippen molar-refractivity contribution in [1.29, 1.82) is 0 Å². The van der Waals surface area contributed by atoms with E-state index in [1.54, 1.807) is 0 Å². The number of nitrogens with zero attached hydrogens (tertiary/aromatic N) is 4. The van der Waals surface area contributed by atoms with E-state index in [0.29, 0.717) is 12.1 Å². The number of hydrogen-bond donors (Lipinski definition) is 2. The van der Waals surface area contributed by atoms with Gasteiger partial charge in [-0.2, -0.15) is 10.3 Å². The van der Waals surface area contributed by atoms with Gasteiger partial charge in [0.1, 0.15) is 0 Å². The SMILES string of the molecule is NCCC1CC=CC[N-]1.NCCC1CCCC[N-]1.[Cu].[N-]=C=S.[N-]=C=S. The predicted molar refractivity (Wildman–Crippen MR) is 111 cm³/mol. The van der Waals surface area contributed by atoms with Gasteiger partial charge < -0.3 is 32.9 Å². The first kappa shape index (κ1) is 29.5. The third-order valence-electron chi connectivity index (χ3n) is 3.38. The van der Waals surface area contributed by atoms with Gasteiger partial charge >= 0.3 is 0 Å². The Morgan fingerprint density at radius 2 is 1.52 bits per heavy atom. The average molecular weight is 432 g/mol. The number of hydrogen-bond acceptors (Lipinski definition) is 4. The maximum atomic E-state index is 7.13. The Hall–Kier alpha value is -0.301. The summed E-state index contributed by atoms with van der Waals surface area (Å²) in [6, 6.07) is 1.11. The first-order chi connectivity index (χ1) is 11.7. The molecule has 9 heteroatoms. The molecule has 1 fully saturated rings. The number of nitrogens with two attached hydrogens (primary N) is 2. The van der Waals surface area contributed by atoms with Gasteiger partial charge in [-0.05, 0) is 13.1 Å². The second-order valence-electron chi connectivity index (χ2n) is 5.12. The number of rotatable bonds is 4. The second kappa shape index (κ2) is 25.9. The monoisotopic (exact) mass is 431 g/mol. The largest absolute Gasteiger partial charge is 0.753 e. The molecule has 2 aliphatic rings. The molecule has 0 aromatic rings. The van der Waals surface area contributed by atoms with Gasteiger partial charge in [0.05, 0.1) is 0 Å². The van der Waals surface area contributed by atoms with Gasteiger partial charge in [-0.25, -0.2) is 0 Å².